The van der Waals surface area contributed by atoms with Crippen molar-refractivity contribution in [2.24, 2.45) is 0 Å². The van der Waals surface area contributed by atoms with Crippen LogP contribution in [0.25, 0.3) is 0 Å². The van der Waals surface area contributed by atoms with Crippen molar-refractivity contribution in [2.45, 2.75) is 25.0 Å². The summed E-state index contributed by atoms with van der Waals surface area (Å²) in [6, 6.07) is 5.06. The zero-order valence-corrected chi connectivity index (χ0v) is 12.9. The lowest BCUT2D eigenvalue weighted by Crippen LogP contribution is -2.33. The number of carbonyl (C=O) groups is 1. The van der Waals surface area contributed by atoms with Crippen LogP contribution in [0.1, 0.15) is 30.6 Å². The maximum absolute atomic E-state index is 12.5. The molecule has 0 saturated carbocycles. The van der Waals surface area contributed by atoms with Crippen LogP contribution in [0.2, 0.25) is 5.02 Å². The molecule has 0 bridgehead atoms. The van der Waals surface area contributed by atoms with Crippen molar-refractivity contribution < 1.29 is 4.79 Å². The Balaban J connectivity index is 2.15. The highest BCUT2D eigenvalue weighted by atomic mass is 35.5. The summed E-state index contributed by atoms with van der Waals surface area (Å²) in [5, 5.41) is 0.432. The second-order valence-corrected chi connectivity index (χ2v) is 7.60. The smallest absolute Gasteiger partial charge is 0.255 e. The summed E-state index contributed by atoms with van der Waals surface area (Å²) in [4.78, 5) is 14.4. The number of nitrogens with zero attached hydrogens (tertiary/aromatic N) is 1. The molecular formula is C14H19ClN2OS. The fraction of sp³-hybridized carbons (Fsp3) is 0.500. The van der Waals surface area contributed by atoms with Crippen molar-refractivity contribution >= 4 is 35.0 Å². The molecule has 1 saturated heterocycles. The van der Waals surface area contributed by atoms with E-state index >= 15 is 0 Å². The van der Waals surface area contributed by atoms with E-state index in [1.807, 2.05) is 16.7 Å². The van der Waals surface area contributed by atoms with Gasteiger partial charge in [-0.3, -0.25) is 4.79 Å². The van der Waals surface area contributed by atoms with E-state index in [1.54, 1.807) is 18.2 Å². The minimum atomic E-state index is 0.00306. The molecule has 1 heterocycles. The molecular weight excluding hydrogens is 280 g/mol. The lowest BCUT2D eigenvalue weighted by atomic mass is 10.1. The molecule has 1 aliphatic rings. The van der Waals surface area contributed by atoms with Crippen molar-refractivity contribution in [2.75, 3.05) is 24.6 Å². The number of thioether (sulfide) groups is 1. The van der Waals surface area contributed by atoms with Gasteiger partial charge in [-0.15, -0.1) is 0 Å². The topological polar surface area (TPSA) is 46.3 Å². The van der Waals surface area contributed by atoms with E-state index in [9.17, 15) is 4.79 Å². The van der Waals surface area contributed by atoms with Crippen molar-refractivity contribution in [1.29, 1.82) is 0 Å². The fourth-order valence-corrected chi connectivity index (χ4v) is 3.47. The van der Waals surface area contributed by atoms with Crippen LogP contribution in [0.5, 0.6) is 0 Å². The van der Waals surface area contributed by atoms with Crippen molar-refractivity contribution in [3.8, 4) is 0 Å². The van der Waals surface area contributed by atoms with Gasteiger partial charge in [0, 0.05) is 29.3 Å². The molecule has 2 rings (SSSR count). The summed E-state index contributed by atoms with van der Waals surface area (Å²) in [6.45, 7) is 6.00. The van der Waals surface area contributed by atoms with E-state index in [1.165, 1.54) is 0 Å². The van der Waals surface area contributed by atoms with Gasteiger partial charge in [0.2, 0.25) is 0 Å². The lowest BCUT2D eigenvalue weighted by molar-refractivity contribution is 0.0765. The summed E-state index contributed by atoms with van der Waals surface area (Å²) >= 11 is 8.03. The van der Waals surface area contributed by atoms with E-state index in [-0.39, 0.29) is 10.7 Å². The molecule has 0 spiro atoms. The third-order valence-corrected chi connectivity index (χ3v) is 5.03. The molecule has 1 aliphatic heterocycles. The highest BCUT2D eigenvalue weighted by molar-refractivity contribution is 8.00. The maximum Gasteiger partial charge on any atom is 0.255 e. The van der Waals surface area contributed by atoms with Crippen LogP contribution >= 0.6 is 23.4 Å². The SMILES string of the molecule is CC1(C)CCN(C(=O)c2ccc(N)cc2Cl)CCS1. The molecule has 0 radical (unpaired) electrons. The highest BCUT2D eigenvalue weighted by Gasteiger charge is 2.27. The van der Waals surface area contributed by atoms with Crippen molar-refractivity contribution in [3.05, 3.63) is 28.8 Å². The number of anilines is 1. The second-order valence-electron chi connectivity index (χ2n) is 5.39. The number of nitrogens with two attached hydrogens (primary N) is 1. The van der Waals surface area contributed by atoms with E-state index in [0.717, 1.165) is 25.3 Å². The second kappa shape index (κ2) is 5.63. The Morgan fingerprint density at radius 1 is 1.42 bits per heavy atom. The van der Waals surface area contributed by atoms with Gasteiger partial charge in [0.15, 0.2) is 0 Å². The lowest BCUT2D eigenvalue weighted by Gasteiger charge is -2.23. The third-order valence-electron chi connectivity index (χ3n) is 3.35. The van der Waals surface area contributed by atoms with Crippen LogP contribution in [0.4, 0.5) is 5.69 Å². The first kappa shape index (κ1) is 14.5. The van der Waals surface area contributed by atoms with E-state index in [0.29, 0.717) is 16.3 Å². The van der Waals surface area contributed by atoms with Gasteiger partial charge in [-0.25, -0.2) is 0 Å². The molecule has 19 heavy (non-hydrogen) atoms. The Labute approximate surface area is 123 Å². The van der Waals surface area contributed by atoms with Crippen LogP contribution < -0.4 is 5.73 Å². The van der Waals surface area contributed by atoms with Crippen LogP contribution in [-0.4, -0.2) is 34.4 Å². The number of amides is 1. The summed E-state index contributed by atoms with van der Waals surface area (Å²) in [5.41, 5.74) is 6.77. The number of nitrogen functional groups attached to an aromatic ring is 1. The number of benzene rings is 1. The number of rotatable bonds is 1. The largest absolute Gasteiger partial charge is 0.399 e. The highest BCUT2D eigenvalue weighted by Crippen LogP contribution is 2.31. The summed E-state index contributed by atoms with van der Waals surface area (Å²) in [5.74, 6) is 0.967. The number of hydrogen-bond acceptors (Lipinski definition) is 3. The Kier molecular flexibility index (Phi) is 4.31. The molecule has 0 aromatic heterocycles. The number of hydrogen-bond donors (Lipinski definition) is 1. The van der Waals surface area contributed by atoms with Crippen LogP contribution in [0.15, 0.2) is 18.2 Å². The molecule has 0 unspecified atom stereocenters. The number of halogens is 1. The molecule has 2 N–H and O–H groups in total. The molecule has 1 aromatic rings. The first-order valence-corrected chi connectivity index (χ1v) is 7.74. The first-order valence-electron chi connectivity index (χ1n) is 6.37. The predicted octanol–water partition coefficient (Wildman–Crippen LogP) is 3.28. The van der Waals surface area contributed by atoms with E-state index in [4.69, 9.17) is 17.3 Å². The van der Waals surface area contributed by atoms with Gasteiger partial charge >= 0.3 is 0 Å². The molecule has 0 aliphatic carbocycles. The monoisotopic (exact) mass is 298 g/mol. The van der Waals surface area contributed by atoms with Gasteiger partial charge in [0.05, 0.1) is 10.6 Å². The van der Waals surface area contributed by atoms with Crippen LogP contribution in [0, 0.1) is 0 Å². The molecule has 0 atom stereocenters. The average Bonchev–Trinajstić information content (AvgIpc) is 2.49. The summed E-state index contributed by atoms with van der Waals surface area (Å²) < 4.78 is 0.236. The van der Waals surface area contributed by atoms with Crippen molar-refractivity contribution in [1.82, 2.24) is 4.90 Å². The summed E-state index contributed by atoms with van der Waals surface area (Å²) in [6.07, 6.45) is 0.996. The zero-order valence-electron chi connectivity index (χ0n) is 11.3. The molecule has 5 heteroatoms. The quantitative estimate of drug-likeness (QED) is 0.809. The molecule has 1 fully saturated rings. The Morgan fingerprint density at radius 2 is 2.16 bits per heavy atom. The standard InChI is InChI=1S/C14H19ClN2OS/c1-14(2)5-6-17(7-8-19-14)13(18)11-4-3-10(16)9-12(11)15/h3-4,9H,5-8,16H2,1-2H3. The maximum atomic E-state index is 12.5. The average molecular weight is 299 g/mol. The predicted molar refractivity (Wildman–Crippen MR) is 82.9 cm³/mol. The van der Waals surface area contributed by atoms with Crippen molar-refractivity contribution in [3.63, 3.8) is 0 Å². The minimum Gasteiger partial charge on any atom is -0.399 e. The van der Waals surface area contributed by atoms with Gasteiger partial charge in [-0.05, 0) is 24.6 Å². The fourth-order valence-electron chi connectivity index (χ4n) is 2.10. The van der Waals surface area contributed by atoms with Gasteiger partial charge < -0.3 is 10.6 Å². The Hall–Kier alpha value is -0.870. The molecule has 104 valence electrons. The molecule has 1 aromatic carbocycles. The van der Waals surface area contributed by atoms with Gasteiger partial charge in [0.25, 0.3) is 5.91 Å². The normalized spacial score (nSPS) is 19.0. The van der Waals surface area contributed by atoms with E-state index < -0.39 is 0 Å². The Bertz CT molecular complexity index is 490. The molecule has 3 nitrogen and oxygen atoms in total. The zero-order chi connectivity index (χ0) is 14.0. The minimum absolute atomic E-state index is 0.00306. The third kappa shape index (κ3) is 3.57. The van der Waals surface area contributed by atoms with E-state index in [2.05, 4.69) is 13.8 Å². The van der Waals surface area contributed by atoms with Gasteiger partial charge in [-0.1, -0.05) is 25.4 Å². The van der Waals surface area contributed by atoms with Crippen LogP contribution in [-0.2, 0) is 0 Å². The first-order chi connectivity index (χ1) is 8.89. The van der Waals surface area contributed by atoms with Gasteiger partial charge in [-0.2, -0.15) is 11.8 Å². The van der Waals surface area contributed by atoms with Crippen LogP contribution in [0.3, 0.4) is 0 Å². The van der Waals surface area contributed by atoms with Gasteiger partial charge in [0.1, 0.15) is 0 Å². The summed E-state index contributed by atoms with van der Waals surface area (Å²) in [7, 11) is 0. The Morgan fingerprint density at radius 3 is 2.84 bits per heavy atom. The number of carbonyl (C=O) groups excluding carboxylic acids is 1. The molecule has 1 amide bonds.